The summed E-state index contributed by atoms with van der Waals surface area (Å²) >= 11 is 0. The number of carbonyl (C=O) groups is 1. The van der Waals surface area contributed by atoms with Crippen LogP contribution in [0.5, 0.6) is 5.75 Å². The first-order valence-corrected chi connectivity index (χ1v) is 6.89. The van der Waals surface area contributed by atoms with Crippen molar-refractivity contribution in [1.29, 1.82) is 0 Å². The highest BCUT2D eigenvalue weighted by molar-refractivity contribution is 6.07. The van der Waals surface area contributed by atoms with Gasteiger partial charge in [-0.3, -0.25) is 4.79 Å². The molecule has 3 rings (SSSR count). The van der Waals surface area contributed by atoms with Crippen LogP contribution in [0.25, 0.3) is 0 Å². The van der Waals surface area contributed by atoms with Gasteiger partial charge in [0.1, 0.15) is 11.4 Å². The molecule has 0 radical (unpaired) electrons. The lowest BCUT2D eigenvalue weighted by atomic mass is 10.1. The lowest BCUT2D eigenvalue weighted by Gasteiger charge is -2.09. The zero-order valence-corrected chi connectivity index (χ0v) is 12.1. The fourth-order valence-corrected chi connectivity index (χ4v) is 2.28. The number of benzene rings is 2. The van der Waals surface area contributed by atoms with E-state index in [1.807, 2.05) is 42.5 Å². The van der Waals surface area contributed by atoms with E-state index >= 15 is 0 Å². The summed E-state index contributed by atoms with van der Waals surface area (Å²) in [7, 11) is 1.62. The van der Waals surface area contributed by atoms with Crippen molar-refractivity contribution in [1.82, 2.24) is 15.0 Å². The summed E-state index contributed by atoms with van der Waals surface area (Å²) in [5.41, 5.74) is 2.01. The van der Waals surface area contributed by atoms with Gasteiger partial charge in [0.15, 0.2) is 0 Å². The lowest BCUT2D eigenvalue weighted by Crippen LogP contribution is -2.13. The Kier molecular flexibility index (Phi) is 3.96. The van der Waals surface area contributed by atoms with Crippen LogP contribution in [0.1, 0.15) is 21.6 Å². The van der Waals surface area contributed by atoms with Gasteiger partial charge in [0.25, 0.3) is 0 Å². The third-order valence-corrected chi connectivity index (χ3v) is 3.40. The molecule has 1 aromatic heterocycles. The van der Waals surface area contributed by atoms with Gasteiger partial charge in [0.05, 0.1) is 19.9 Å². The maximum Gasteiger partial charge on any atom is 0.212 e. The third kappa shape index (κ3) is 2.74. The number of nitrogens with zero attached hydrogens (tertiary/aromatic N) is 3. The normalized spacial score (nSPS) is 10.4. The summed E-state index contributed by atoms with van der Waals surface area (Å²) in [6.07, 6.45) is 1.49. The van der Waals surface area contributed by atoms with Crippen molar-refractivity contribution in [3.05, 3.63) is 77.6 Å². The van der Waals surface area contributed by atoms with E-state index < -0.39 is 0 Å². The van der Waals surface area contributed by atoms with Crippen molar-refractivity contribution < 1.29 is 9.53 Å². The van der Waals surface area contributed by atoms with Crippen LogP contribution in [-0.4, -0.2) is 27.9 Å². The van der Waals surface area contributed by atoms with Crippen molar-refractivity contribution >= 4 is 5.78 Å². The molecule has 0 spiro atoms. The van der Waals surface area contributed by atoms with Crippen LogP contribution >= 0.6 is 0 Å². The number of ether oxygens (including phenoxy) is 1. The first kappa shape index (κ1) is 14.0. The molecule has 2 aromatic carbocycles. The molecule has 0 aliphatic carbocycles. The van der Waals surface area contributed by atoms with E-state index in [0.29, 0.717) is 17.8 Å². The first-order valence-electron chi connectivity index (χ1n) is 6.89. The maximum atomic E-state index is 12.5. The topological polar surface area (TPSA) is 57.0 Å². The second kappa shape index (κ2) is 6.22. The van der Waals surface area contributed by atoms with E-state index in [9.17, 15) is 4.79 Å². The quantitative estimate of drug-likeness (QED) is 0.678. The van der Waals surface area contributed by atoms with Gasteiger partial charge in [-0.05, 0) is 6.07 Å². The third-order valence-electron chi connectivity index (χ3n) is 3.40. The van der Waals surface area contributed by atoms with Gasteiger partial charge in [-0.1, -0.05) is 53.7 Å². The largest absolute Gasteiger partial charge is 0.496 e. The Hall–Kier alpha value is -2.95. The Balaban J connectivity index is 1.91. The van der Waals surface area contributed by atoms with Crippen LogP contribution in [0.4, 0.5) is 0 Å². The van der Waals surface area contributed by atoms with E-state index in [0.717, 1.165) is 11.3 Å². The van der Waals surface area contributed by atoms with Gasteiger partial charge in [0.2, 0.25) is 5.78 Å². The van der Waals surface area contributed by atoms with Gasteiger partial charge < -0.3 is 4.74 Å². The summed E-state index contributed by atoms with van der Waals surface area (Å²) in [6.45, 7) is 0.428. The SMILES string of the molecule is COc1ccccc1Cn1nncc1C(=O)c1ccccc1. The Morgan fingerprint density at radius 2 is 1.82 bits per heavy atom. The molecule has 0 amide bonds. The van der Waals surface area contributed by atoms with E-state index in [4.69, 9.17) is 4.74 Å². The minimum Gasteiger partial charge on any atom is -0.496 e. The monoisotopic (exact) mass is 293 g/mol. The lowest BCUT2D eigenvalue weighted by molar-refractivity contribution is 0.102. The van der Waals surface area contributed by atoms with Crippen LogP contribution in [0.2, 0.25) is 0 Å². The summed E-state index contributed by atoms with van der Waals surface area (Å²) in [5, 5.41) is 7.90. The van der Waals surface area contributed by atoms with Crippen LogP contribution in [0.15, 0.2) is 60.8 Å². The van der Waals surface area contributed by atoms with Crippen molar-refractivity contribution in [2.75, 3.05) is 7.11 Å². The molecule has 22 heavy (non-hydrogen) atoms. The molecule has 3 aromatic rings. The van der Waals surface area contributed by atoms with Crippen molar-refractivity contribution in [2.24, 2.45) is 0 Å². The molecular weight excluding hydrogens is 278 g/mol. The van der Waals surface area contributed by atoms with Gasteiger partial charge in [0, 0.05) is 11.1 Å². The van der Waals surface area contributed by atoms with Crippen molar-refractivity contribution in [2.45, 2.75) is 6.54 Å². The summed E-state index contributed by atoms with van der Waals surface area (Å²) in [6, 6.07) is 16.8. The minimum absolute atomic E-state index is 0.0968. The van der Waals surface area contributed by atoms with Gasteiger partial charge >= 0.3 is 0 Å². The fourth-order valence-electron chi connectivity index (χ4n) is 2.28. The maximum absolute atomic E-state index is 12.5. The average Bonchev–Trinajstić information content (AvgIpc) is 3.03. The second-order valence-corrected chi connectivity index (χ2v) is 4.78. The predicted octanol–water partition coefficient (Wildman–Crippen LogP) is 2.57. The number of para-hydroxylation sites is 1. The van der Waals surface area contributed by atoms with Gasteiger partial charge in [-0.25, -0.2) is 4.68 Å². The van der Waals surface area contributed by atoms with Crippen LogP contribution in [0.3, 0.4) is 0 Å². The molecule has 110 valence electrons. The molecule has 0 saturated heterocycles. The molecule has 0 saturated carbocycles. The number of aromatic nitrogens is 3. The van der Waals surface area contributed by atoms with Crippen molar-refractivity contribution in [3.8, 4) is 5.75 Å². The summed E-state index contributed by atoms with van der Waals surface area (Å²) in [4.78, 5) is 12.5. The molecule has 0 N–H and O–H groups in total. The molecule has 0 bridgehead atoms. The standard InChI is InChI=1S/C17H15N3O2/c1-22-16-10-6-5-9-14(16)12-20-15(11-18-19-20)17(21)13-7-3-2-4-8-13/h2-11H,12H2,1H3. The smallest absolute Gasteiger partial charge is 0.212 e. The summed E-state index contributed by atoms with van der Waals surface area (Å²) in [5.74, 6) is 0.664. The van der Waals surface area contributed by atoms with Crippen molar-refractivity contribution in [3.63, 3.8) is 0 Å². The molecular formula is C17H15N3O2. The van der Waals surface area contributed by atoms with E-state index in [1.54, 1.807) is 23.9 Å². The molecule has 0 aliphatic rings. The van der Waals surface area contributed by atoms with Gasteiger partial charge in [-0.2, -0.15) is 0 Å². The molecule has 5 nitrogen and oxygen atoms in total. The summed E-state index contributed by atoms with van der Waals surface area (Å²) < 4.78 is 6.92. The Morgan fingerprint density at radius 1 is 1.09 bits per heavy atom. The number of hydrogen-bond donors (Lipinski definition) is 0. The number of hydrogen-bond acceptors (Lipinski definition) is 4. The number of ketones is 1. The molecule has 0 aliphatic heterocycles. The first-order chi connectivity index (χ1) is 10.8. The van der Waals surface area contributed by atoms with Crippen LogP contribution in [0, 0.1) is 0 Å². The number of carbonyl (C=O) groups excluding carboxylic acids is 1. The zero-order chi connectivity index (χ0) is 15.4. The molecule has 0 unspecified atom stereocenters. The fraction of sp³-hybridized carbons (Fsp3) is 0.118. The second-order valence-electron chi connectivity index (χ2n) is 4.78. The van der Waals surface area contributed by atoms with Crippen LogP contribution in [-0.2, 0) is 6.54 Å². The molecule has 0 fully saturated rings. The van der Waals surface area contributed by atoms with Crippen LogP contribution < -0.4 is 4.74 Å². The van der Waals surface area contributed by atoms with E-state index in [1.165, 1.54) is 6.20 Å². The predicted molar refractivity (Wildman–Crippen MR) is 82.0 cm³/mol. The highest BCUT2D eigenvalue weighted by atomic mass is 16.5. The highest BCUT2D eigenvalue weighted by Gasteiger charge is 2.16. The Labute approximate surface area is 128 Å². The Bertz CT molecular complexity index is 781. The molecule has 0 atom stereocenters. The van der Waals surface area contributed by atoms with Gasteiger partial charge in [-0.15, -0.1) is 5.10 Å². The number of methoxy groups -OCH3 is 1. The molecule has 1 heterocycles. The zero-order valence-electron chi connectivity index (χ0n) is 12.1. The van der Waals surface area contributed by atoms with E-state index in [2.05, 4.69) is 10.3 Å². The molecule has 5 heteroatoms. The highest BCUT2D eigenvalue weighted by Crippen LogP contribution is 2.19. The minimum atomic E-state index is -0.0968. The number of rotatable bonds is 5. The Morgan fingerprint density at radius 3 is 2.59 bits per heavy atom. The van der Waals surface area contributed by atoms with E-state index in [-0.39, 0.29) is 5.78 Å². The average molecular weight is 293 g/mol.